The first-order chi connectivity index (χ1) is 11.6. The third-order valence-electron chi connectivity index (χ3n) is 4.85. The van der Waals surface area contributed by atoms with Crippen LogP contribution in [0.15, 0.2) is 72.8 Å². The quantitative estimate of drug-likeness (QED) is 0.642. The summed E-state index contributed by atoms with van der Waals surface area (Å²) >= 11 is 0. The standard InChI is InChI=1S/C21H26NOP/c1-17(2)18-13-15-19(16-14-18)22-24(23,20-9-5-3-6-10-20)21-11-7-4-8-12-21/h3-13,15,17-19H,14,16H2,1-2H3,(H,22,23)/t18-,19-/m0/s1. The third kappa shape index (κ3) is 3.71. The molecule has 0 aliphatic heterocycles. The minimum atomic E-state index is -2.84. The number of hydrogen-bond donors (Lipinski definition) is 1. The van der Waals surface area contributed by atoms with Gasteiger partial charge in [0.2, 0.25) is 7.29 Å². The van der Waals surface area contributed by atoms with Crippen molar-refractivity contribution in [1.82, 2.24) is 5.09 Å². The number of rotatable bonds is 5. The maximum absolute atomic E-state index is 14.0. The van der Waals surface area contributed by atoms with Crippen molar-refractivity contribution in [2.75, 3.05) is 0 Å². The van der Waals surface area contributed by atoms with E-state index in [1.807, 2.05) is 60.7 Å². The molecule has 0 unspecified atom stereocenters. The number of nitrogens with one attached hydrogen (secondary N) is 1. The Hall–Kier alpha value is -1.63. The van der Waals surface area contributed by atoms with Crippen molar-refractivity contribution in [3.05, 3.63) is 72.8 Å². The Morgan fingerprint density at radius 1 is 0.875 bits per heavy atom. The van der Waals surface area contributed by atoms with E-state index in [-0.39, 0.29) is 6.04 Å². The molecule has 0 saturated heterocycles. The second kappa shape index (κ2) is 7.51. The fourth-order valence-electron chi connectivity index (χ4n) is 3.31. The molecule has 0 amide bonds. The Labute approximate surface area is 145 Å². The van der Waals surface area contributed by atoms with E-state index in [2.05, 4.69) is 31.1 Å². The van der Waals surface area contributed by atoms with Crippen molar-refractivity contribution < 1.29 is 4.57 Å². The molecule has 2 atom stereocenters. The molecule has 0 saturated carbocycles. The molecule has 1 N–H and O–H groups in total. The van der Waals surface area contributed by atoms with Gasteiger partial charge < -0.3 is 0 Å². The second-order valence-electron chi connectivity index (χ2n) is 6.89. The summed E-state index contributed by atoms with van der Waals surface area (Å²) in [6.45, 7) is 4.53. The minimum absolute atomic E-state index is 0.159. The van der Waals surface area contributed by atoms with E-state index in [9.17, 15) is 4.57 Å². The van der Waals surface area contributed by atoms with E-state index in [0.717, 1.165) is 23.5 Å². The lowest BCUT2D eigenvalue weighted by molar-refractivity contribution is 0.393. The topological polar surface area (TPSA) is 29.1 Å². The molecule has 0 fully saturated rings. The molecule has 0 bridgehead atoms. The van der Waals surface area contributed by atoms with Gasteiger partial charge in [0.05, 0.1) is 0 Å². The van der Waals surface area contributed by atoms with Crippen molar-refractivity contribution >= 4 is 17.9 Å². The van der Waals surface area contributed by atoms with E-state index in [0.29, 0.717) is 11.8 Å². The predicted molar refractivity (Wildman–Crippen MR) is 103 cm³/mol. The number of benzene rings is 2. The Kier molecular flexibility index (Phi) is 5.38. The summed E-state index contributed by atoms with van der Waals surface area (Å²) in [6, 6.07) is 19.8. The summed E-state index contributed by atoms with van der Waals surface area (Å²) in [5, 5.41) is 5.23. The zero-order chi connectivity index (χ0) is 17.0. The summed E-state index contributed by atoms with van der Waals surface area (Å²) in [6.07, 6.45) is 6.69. The minimum Gasteiger partial charge on any atom is -0.297 e. The van der Waals surface area contributed by atoms with Crippen molar-refractivity contribution in [2.24, 2.45) is 11.8 Å². The van der Waals surface area contributed by atoms with Crippen LogP contribution in [0.3, 0.4) is 0 Å². The van der Waals surface area contributed by atoms with Gasteiger partial charge in [0.1, 0.15) is 0 Å². The molecule has 1 aliphatic rings. The zero-order valence-electron chi connectivity index (χ0n) is 14.4. The maximum atomic E-state index is 14.0. The number of hydrogen-bond acceptors (Lipinski definition) is 1. The molecular weight excluding hydrogens is 313 g/mol. The van der Waals surface area contributed by atoms with Crippen LogP contribution in [-0.4, -0.2) is 6.04 Å². The molecule has 24 heavy (non-hydrogen) atoms. The van der Waals surface area contributed by atoms with Gasteiger partial charge >= 0.3 is 0 Å². The van der Waals surface area contributed by atoms with Gasteiger partial charge in [-0.15, -0.1) is 0 Å². The van der Waals surface area contributed by atoms with Crippen molar-refractivity contribution in [2.45, 2.75) is 32.7 Å². The molecule has 0 radical (unpaired) electrons. The SMILES string of the molecule is CC(C)[C@H]1C=C[C@H](NP(=O)(c2ccccc2)c2ccccc2)CC1. The predicted octanol–water partition coefficient (Wildman–Crippen LogP) is 4.50. The van der Waals surface area contributed by atoms with Crippen LogP contribution in [0.1, 0.15) is 26.7 Å². The maximum Gasteiger partial charge on any atom is 0.205 e. The van der Waals surface area contributed by atoms with Crippen LogP contribution >= 0.6 is 7.29 Å². The van der Waals surface area contributed by atoms with Crippen molar-refractivity contribution in [3.8, 4) is 0 Å². The van der Waals surface area contributed by atoms with Gasteiger partial charge in [0.25, 0.3) is 0 Å². The molecule has 2 aromatic rings. The van der Waals surface area contributed by atoms with E-state index >= 15 is 0 Å². The lowest BCUT2D eigenvalue weighted by Gasteiger charge is -2.30. The van der Waals surface area contributed by atoms with Gasteiger partial charge in [-0.2, -0.15) is 0 Å². The van der Waals surface area contributed by atoms with Gasteiger partial charge in [-0.1, -0.05) is 62.4 Å². The van der Waals surface area contributed by atoms with Gasteiger partial charge in [-0.25, -0.2) is 0 Å². The number of allylic oxidation sites excluding steroid dienone is 1. The van der Waals surface area contributed by atoms with Crippen LogP contribution in [0.2, 0.25) is 0 Å². The summed E-state index contributed by atoms with van der Waals surface area (Å²) in [5.41, 5.74) is 0. The summed E-state index contributed by atoms with van der Waals surface area (Å²) in [5.74, 6) is 1.30. The molecule has 126 valence electrons. The fourth-order valence-corrected chi connectivity index (χ4v) is 5.77. The van der Waals surface area contributed by atoms with Crippen LogP contribution in [0.4, 0.5) is 0 Å². The first-order valence-corrected chi connectivity index (χ1v) is 10.5. The molecule has 2 nitrogen and oxygen atoms in total. The van der Waals surface area contributed by atoms with Gasteiger partial charge in [-0.3, -0.25) is 9.65 Å². The van der Waals surface area contributed by atoms with E-state index in [4.69, 9.17) is 0 Å². The van der Waals surface area contributed by atoms with Crippen molar-refractivity contribution in [3.63, 3.8) is 0 Å². The molecular formula is C21H26NOP. The first kappa shape index (κ1) is 17.2. The average Bonchev–Trinajstić information content (AvgIpc) is 2.63. The highest BCUT2D eigenvalue weighted by Crippen LogP contribution is 2.40. The van der Waals surface area contributed by atoms with Gasteiger partial charge in [0, 0.05) is 16.7 Å². The lowest BCUT2D eigenvalue weighted by atomic mass is 9.85. The molecule has 3 rings (SSSR count). The molecule has 1 aliphatic carbocycles. The van der Waals surface area contributed by atoms with Crippen molar-refractivity contribution in [1.29, 1.82) is 0 Å². The lowest BCUT2D eigenvalue weighted by Crippen LogP contribution is -2.35. The van der Waals surface area contributed by atoms with E-state index in [1.165, 1.54) is 0 Å². The monoisotopic (exact) mass is 339 g/mol. The molecule has 0 aromatic heterocycles. The van der Waals surface area contributed by atoms with Crippen LogP contribution in [0.5, 0.6) is 0 Å². The van der Waals surface area contributed by atoms with Crippen LogP contribution < -0.4 is 15.7 Å². The van der Waals surface area contributed by atoms with E-state index < -0.39 is 7.29 Å². The molecule has 0 spiro atoms. The highest BCUT2D eigenvalue weighted by molar-refractivity contribution is 7.76. The van der Waals surface area contributed by atoms with Gasteiger partial charge in [-0.05, 0) is 48.9 Å². The normalized spacial score (nSPS) is 21.1. The molecule has 2 aromatic carbocycles. The van der Waals surface area contributed by atoms with Crippen LogP contribution in [0.25, 0.3) is 0 Å². The highest BCUT2D eigenvalue weighted by atomic mass is 31.2. The highest BCUT2D eigenvalue weighted by Gasteiger charge is 2.30. The first-order valence-electron chi connectivity index (χ1n) is 8.77. The zero-order valence-corrected chi connectivity index (χ0v) is 15.3. The summed E-state index contributed by atoms with van der Waals surface area (Å²) in [4.78, 5) is 0. The molecule has 3 heteroatoms. The second-order valence-corrected chi connectivity index (χ2v) is 9.40. The summed E-state index contributed by atoms with van der Waals surface area (Å²) < 4.78 is 14.0. The van der Waals surface area contributed by atoms with E-state index in [1.54, 1.807) is 0 Å². The Morgan fingerprint density at radius 3 is 1.83 bits per heavy atom. The summed E-state index contributed by atoms with van der Waals surface area (Å²) in [7, 11) is -2.84. The Morgan fingerprint density at radius 2 is 1.42 bits per heavy atom. The largest absolute Gasteiger partial charge is 0.297 e. The Balaban J connectivity index is 1.90. The van der Waals surface area contributed by atoms with Crippen LogP contribution in [0, 0.1) is 11.8 Å². The van der Waals surface area contributed by atoms with Gasteiger partial charge in [0.15, 0.2) is 0 Å². The van der Waals surface area contributed by atoms with Crippen LogP contribution in [-0.2, 0) is 4.57 Å². The third-order valence-corrected chi connectivity index (χ3v) is 7.59. The average molecular weight is 339 g/mol. The fraction of sp³-hybridized carbons (Fsp3) is 0.333. The molecule has 0 heterocycles. The Bertz CT molecular complexity index is 681. The smallest absolute Gasteiger partial charge is 0.205 e.